The van der Waals surface area contributed by atoms with Crippen LogP contribution in [0, 0.1) is 11.8 Å². The monoisotopic (exact) mass is 430 g/mol. The lowest BCUT2D eigenvalue weighted by molar-refractivity contribution is -0.119. The molecular formula is C23H34N4O2S. The third kappa shape index (κ3) is 6.76. The lowest BCUT2D eigenvalue weighted by Gasteiger charge is -2.29. The number of thioether (sulfide) groups is 1. The number of ether oxygens (including phenoxy) is 1. The molecule has 7 heteroatoms. The maximum absolute atomic E-state index is 12.5. The third-order valence-corrected chi connectivity index (χ3v) is 6.59. The Morgan fingerprint density at radius 2 is 2.00 bits per heavy atom. The van der Waals surface area contributed by atoms with Gasteiger partial charge < -0.3 is 14.6 Å². The SMILES string of the molecule is CC(C)CCn1c(COc2ccccc2)nnc1SCC(=O)NC1CCCCC1C. The number of hydrogen-bond acceptors (Lipinski definition) is 5. The number of carbonyl (C=O) groups excluding carboxylic acids is 1. The fourth-order valence-corrected chi connectivity index (χ4v) is 4.51. The van der Waals surface area contributed by atoms with Crippen LogP contribution in [0.3, 0.4) is 0 Å². The van der Waals surface area contributed by atoms with Crippen molar-refractivity contribution in [1.82, 2.24) is 20.1 Å². The molecule has 30 heavy (non-hydrogen) atoms. The van der Waals surface area contributed by atoms with Crippen LogP contribution >= 0.6 is 11.8 Å². The quantitative estimate of drug-likeness (QED) is 0.554. The fraction of sp³-hybridized carbons (Fsp3) is 0.609. The van der Waals surface area contributed by atoms with E-state index in [1.54, 1.807) is 0 Å². The zero-order valence-electron chi connectivity index (χ0n) is 18.3. The average molecular weight is 431 g/mol. The molecule has 1 heterocycles. The van der Waals surface area contributed by atoms with Crippen molar-refractivity contribution in [3.05, 3.63) is 36.2 Å². The molecule has 0 radical (unpaired) electrons. The number of nitrogens with zero attached hydrogens (tertiary/aromatic N) is 3. The van der Waals surface area contributed by atoms with Gasteiger partial charge in [-0.15, -0.1) is 10.2 Å². The van der Waals surface area contributed by atoms with E-state index in [2.05, 4.69) is 40.9 Å². The lowest BCUT2D eigenvalue weighted by Crippen LogP contribution is -2.41. The predicted octanol–water partition coefficient (Wildman–Crippen LogP) is 4.69. The molecule has 6 nitrogen and oxygen atoms in total. The van der Waals surface area contributed by atoms with Crippen molar-refractivity contribution in [3.8, 4) is 5.75 Å². The van der Waals surface area contributed by atoms with Crippen LogP contribution in [0.15, 0.2) is 35.5 Å². The van der Waals surface area contributed by atoms with Gasteiger partial charge in [-0.05, 0) is 43.2 Å². The fourth-order valence-electron chi connectivity index (χ4n) is 3.72. The highest BCUT2D eigenvalue weighted by Crippen LogP contribution is 2.24. The number of amides is 1. The van der Waals surface area contributed by atoms with Crippen molar-refractivity contribution in [2.45, 2.75) is 77.2 Å². The Morgan fingerprint density at radius 3 is 2.73 bits per heavy atom. The topological polar surface area (TPSA) is 69.0 Å². The summed E-state index contributed by atoms with van der Waals surface area (Å²) in [5.41, 5.74) is 0. The van der Waals surface area contributed by atoms with Gasteiger partial charge in [0.1, 0.15) is 12.4 Å². The van der Waals surface area contributed by atoms with Crippen molar-refractivity contribution >= 4 is 17.7 Å². The molecule has 2 unspecified atom stereocenters. The number of rotatable bonds is 10. The summed E-state index contributed by atoms with van der Waals surface area (Å²) in [6.45, 7) is 7.83. The maximum atomic E-state index is 12.5. The van der Waals surface area contributed by atoms with Crippen molar-refractivity contribution in [2.24, 2.45) is 11.8 Å². The molecule has 1 amide bonds. The third-order valence-electron chi connectivity index (χ3n) is 5.62. The predicted molar refractivity (Wildman–Crippen MR) is 121 cm³/mol. The number of carbonyl (C=O) groups is 1. The van der Waals surface area contributed by atoms with Crippen LogP contribution in [0.5, 0.6) is 5.75 Å². The standard InChI is InChI=1S/C23H34N4O2S/c1-17(2)13-14-27-21(15-29-19-10-5-4-6-11-19)25-26-23(27)30-16-22(28)24-20-12-8-7-9-18(20)3/h4-6,10-11,17-18,20H,7-9,12-16H2,1-3H3,(H,24,28). The van der Waals surface area contributed by atoms with Crippen molar-refractivity contribution in [2.75, 3.05) is 5.75 Å². The first kappa shape index (κ1) is 22.7. The van der Waals surface area contributed by atoms with Crippen LogP contribution in [0.2, 0.25) is 0 Å². The lowest BCUT2D eigenvalue weighted by atomic mass is 9.86. The highest BCUT2D eigenvalue weighted by Gasteiger charge is 2.23. The second-order valence-corrected chi connectivity index (χ2v) is 9.50. The Labute approximate surface area is 184 Å². The Bertz CT molecular complexity index is 794. The smallest absolute Gasteiger partial charge is 0.230 e. The Hall–Kier alpha value is -2.02. The van der Waals surface area contributed by atoms with Gasteiger partial charge in [0.2, 0.25) is 5.91 Å². The normalized spacial score (nSPS) is 19.1. The molecule has 0 aliphatic heterocycles. The highest BCUT2D eigenvalue weighted by molar-refractivity contribution is 7.99. The first-order chi connectivity index (χ1) is 14.5. The van der Waals surface area contributed by atoms with Gasteiger partial charge in [-0.25, -0.2) is 0 Å². The van der Waals surface area contributed by atoms with E-state index in [0.717, 1.165) is 36.1 Å². The second-order valence-electron chi connectivity index (χ2n) is 8.56. The summed E-state index contributed by atoms with van der Waals surface area (Å²) in [6, 6.07) is 10.0. The summed E-state index contributed by atoms with van der Waals surface area (Å²) >= 11 is 1.46. The summed E-state index contributed by atoms with van der Waals surface area (Å²) in [7, 11) is 0. The van der Waals surface area contributed by atoms with E-state index in [9.17, 15) is 4.79 Å². The molecule has 1 saturated carbocycles. The Morgan fingerprint density at radius 1 is 1.23 bits per heavy atom. The van der Waals surface area contributed by atoms with Crippen LogP contribution < -0.4 is 10.1 Å². The Kier molecular flexibility index (Phi) is 8.61. The van der Waals surface area contributed by atoms with E-state index in [0.29, 0.717) is 30.2 Å². The van der Waals surface area contributed by atoms with Gasteiger partial charge in [0.25, 0.3) is 0 Å². The Balaban J connectivity index is 1.59. The maximum Gasteiger partial charge on any atom is 0.230 e. The molecule has 1 aliphatic carbocycles. The van der Waals surface area contributed by atoms with Gasteiger partial charge in [-0.2, -0.15) is 0 Å². The molecule has 2 atom stereocenters. The molecule has 2 aromatic rings. The molecule has 1 fully saturated rings. The zero-order valence-corrected chi connectivity index (χ0v) is 19.2. The summed E-state index contributed by atoms with van der Waals surface area (Å²) in [5, 5.41) is 12.7. The van der Waals surface area contributed by atoms with Crippen LogP contribution in [0.25, 0.3) is 0 Å². The first-order valence-corrected chi connectivity index (χ1v) is 12.0. The van der Waals surface area contributed by atoms with Gasteiger partial charge in [-0.1, -0.05) is 63.6 Å². The van der Waals surface area contributed by atoms with E-state index in [-0.39, 0.29) is 5.91 Å². The van der Waals surface area contributed by atoms with Crippen LogP contribution in [-0.4, -0.2) is 32.5 Å². The van der Waals surface area contributed by atoms with Crippen LogP contribution in [-0.2, 0) is 17.9 Å². The first-order valence-electron chi connectivity index (χ1n) is 11.0. The van der Waals surface area contributed by atoms with Crippen molar-refractivity contribution in [1.29, 1.82) is 0 Å². The molecular weight excluding hydrogens is 396 g/mol. The second kappa shape index (κ2) is 11.4. The number of nitrogens with one attached hydrogen (secondary N) is 1. The minimum absolute atomic E-state index is 0.0826. The minimum atomic E-state index is 0.0826. The van der Waals surface area contributed by atoms with E-state index >= 15 is 0 Å². The molecule has 0 saturated heterocycles. The van der Waals surface area contributed by atoms with E-state index in [4.69, 9.17) is 4.74 Å². The number of hydrogen-bond donors (Lipinski definition) is 1. The molecule has 0 bridgehead atoms. The van der Waals surface area contributed by atoms with Crippen molar-refractivity contribution in [3.63, 3.8) is 0 Å². The van der Waals surface area contributed by atoms with Crippen LogP contribution in [0.1, 0.15) is 58.7 Å². The summed E-state index contributed by atoms with van der Waals surface area (Å²) in [5.74, 6) is 3.18. The van der Waals surface area contributed by atoms with E-state index < -0.39 is 0 Å². The number of aromatic nitrogens is 3. The van der Waals surface area contributed by atoms with Gasteiger partial charge in [0.15, 0.2) is 11.0 Å². The largest absolute Gasteiger partial charge is 0.486 e. The molecule has 164 valence electrons. The average Bonchev–Trinajstić information content (AvgIpc) is 3.13. The van der Waals surface area contributed by atoms with Gasteiger partial charge in [0, 0.05) is 12.6 Å². The van der Waals surface area contributed by atoms with E-state index in [1.807, 2.05) is 30.3 Å². The van der Waals surface area contributed by atoms with Gasteiger partial charge in [-0.3, -0.25) is 4.79 Å². The summed E-state index contributed by atoms with van der Waals surface area (Å²) < 4.78 is 7.98. The summed E-state index contributed by atoms with van der Waals surface area (Å²) in [4.78, 5) is 12.5. The van der Waals surface area contributed by atoms with Crippen LogP contribution in [0.4, 0.5) is 0 Å². The molecule has 1 aliphatic rings. The van der Waals surface area contributed by atoms with E-state index in [1.165, 1.54) is 31.0 Å². The molecule has 1 N–H and O–H groups in total. The minimum Gasteiger partial charge on any atom is -0.486 e. The molecule has 3 rings (SSSR count). The van der Waals surface area contributed by atoms with Gasteiger partial charge >= 0.3 is 0 Å². The number of para-hydroxylation sites is 1. The summed E-state index contributed by atoms with van der Waals surface area (Å²) in [6.07, 6.45) is 5.79. The molecule has 1 aromatic carbocycles. The molecule has 1 aromatic heterocycles. The molecule has 0 spiro atoms. The number of benzene rings is 1. The van der Waals surface area contributed by atoms with Gasteiger partial charge in [0.05, 0.1) is 5.75 Å². The highest BCUT2D eigenvalue weighted by atomic mass is 32.2. The zero-order chi connectivity index (χ0) is 21.3. The van der Waals surface area contributed by atoms with Crippen molar-refractivity contribution < 1.29 is 9.53 Å².